The van der Waals surface area contributed by atoms with Crippen LogP contribution in [0.2, 0.25) is 0 Å². The lowest BCUT2D eigenvalue weighted by Crippen LogP contribution is -2.22. The Kier molecular flexibility index (Phi) is 2.42. The molecule has 0 saturated carbocycles. The molecule has 1 N–H and O–H groups in total. The van der Waals surface area contributed by atoms with Gasteiger partial charge in [-0.15, -0.1) is 0 Å². The molecule has 0 aromatic heterocycles. The van der Waals surface area contributed by atoms with Crippen LogP contribution >= 0.6 is 11.9 Å². The molecule has 2 nitrogen and oxygen atoms in total. The Morgan fingerprint density at radius 3 is 3.31 bits per heavy atom. The van der Waals surface area contributed by atoms with Crippen molar-refractivity contribution in [1.29, 1.82) is 0 Å². The summed E-state index contributed by atoms with van der Waals surface area (Å²) in [5, 5.41) is 0. The minimum atomic E-state index is -0.232. The van der Waals surface area contributed by atoms with E-state index < -0.39 is 0 Å². The lowest BCUT2D eigenvalue weighted by Gasteiger charge is -2.10. The Bertz CT molecular complexity index is 318. The maximum Gasteiger partial charge on any atom is 0.141 e. The van der Waals surface area contributed by atoms with Crippen LogP contribution in [0.4, 0.5) is 4.39 Å². The monoisotopic (exact) mass is 199 g/mol. The molecule has 1 aliphatic rings. The second-order valence-corrected chi connectivity index (χ2v) is 3.85. The van der Waals surface area contributed by atoms with Crippen molar-refractivity contribution in [2.75, 3.05) is 6.54 Å². The van der Waals surface area contributed by atoms with Crippen molar-refractivity contribution < 1.29 is 9.13 Å². The number of ether oxygens (including phenoxy) is 1. The number of fused-ring (bicyclic) bond motifs is 1. The van der Waals surface area contributed by atoms with Gasteiger partial charge in [-0.05, 0) is 31.0 Å². The third-order valence-electron chi connectivity index (χ3n) is 1.80. The molecule has 0 radical (unpaired) electrons. The van der Waals surface area contributed by atoms with Gasteiger partial charge in [0.25, 0.3) is 0 Å². The van der Waals surface area contributed by atoms with Crippen molar-refractivity contribution in [3.63, 3.8) is 0 Å². The zero-order valence-corrected chi connectivity index (χ0v) is 8.03. The van der Waals surface area contributed by atoms with E-state index in [1.807, 2.05) is 6.92 Å². The summed E-state index contributed by atoms with van der Waals surface area (Å²) in [4.78, 5) is 0.548. The van der Waals surface area contributed by atoms with Gasteiger partial charge < -0.3 is 4.74 Å². The summed E-state index contributed by atoms with van der Waals surface area (Å²) in [7, 11) is 0. The largest absolute Gasteiger partial charge is 0.488 e. The zero-order valence-electron chi connectivity index (χ0n) is 7.21. The second kappa shape index (κ2) is 3.55. The molecule has 0 bridgehead atoms. The summed E-state index contributed by atoms with van der Waals surface area (Å²) in [6.45, 7) is 2.67. The maximum atomic E-state index is 13.2. The molecule has 1 aliphatic heterocycles. The number of benzene rings is 1. The van der Waals surface area contributed by atoms with E-state index >= 15 is 0 Å². The summed E-state index contributed by atoms with van der Waals surface area (Å²) in [5.41, 5.74) is 0. The fourth-order valence-electron chi connectivity index (χ4n) is 1.17. The third kappa shape index (κ3) is 1.78. The number of halogens is 1. The van der Waals surface area contributed by atoms with Gasteiger partial charge in [0.1, 0.15) is 22.6 Å². The first-order chi connectivity index (χ1) is 6.27. The molecule has 0 fully saturated rings. The van der Waals surface area contributed by atoms with E-state index in [2.05, 4.69) is 4.72 Å². The quantitative estimate of drug-likeness (QED) is 0.647. The predicted molar refractivity (Wildman–Crippen MR) is 50.3 cm³/mol. The Morgan fingerprint density at radius 1 is 1.62 bits per heavy atom. The lowest BCUT2D eigenvalue weighted by atomic mass is 10.3. The summed E-state index contributed by atoms with van der Waals surface area (Å²) >= 11 is 1.29. The molecular formula is C9H10FNOS. The molecular weight excluding hydrogens is 189 g/mol. The van der Waals surface area contributed by atoms with E-state index in [9.17, 15) is 4.39 Å². The average molecular weight is 199 g/mol. The van der Waals surface area contributed by atoms with Crippen LogP contribution in [0.5, 0.6) is 5.75 Å². The van der Waals surface area contributed by atoms with Crippen LogP contribution in [0.1, 0.15) is 6.92 Å². The Balaban J connectivity index is 2.39. The number of rotatable bonds is 0. The van der Waals surface area contributed by atoms with Crippen LogP contribution < -0.4 is 9.46 Å². The van der Waals surface area contributed by atoms with Crippen molar-refractivity contribution in [2.45, 2.75) is 17.9 Å². The molecule has 0 spiro atoms. The van der Waals surface area contributed by atoms with Gasteiger partial charge in [-0.2, -0.15) is 0 Å². The molecule has 0 amide bonds. The summed E-state index contributed by atoms with van der Waals surface area (Å²) in [6, 6.07) is 4.88. The minimum Gasteiger partial charge on any atom is -0.488 e. The van der Waals surface area contributed by atoms with Crippen LogP contribution in [0.25, 0.3) is 0 Å². The molecule has 70 valence electrons. The van der Waals surface area contributed by atoms with Gasteiger partial charge in [0.05, 0.1) is 0 Å². The van der Waals surface area contributed by atoms with Crippen molar-refractivity contribution in [3.8, 4) is 5.75 Å². The third-order valence-corrected chi connectivity index (χ3v) is 2.72. The Morgan fingerprint density at radius 2 is 2.46 bits per heavy atom. The fraction of sp³-hybridized carbons (Fsp3) is 0.333. The Labute approximate surface area is 80.6 Å². The van der Waals surface area contributed by atoms with E-state index in [1.165, 1.54) is 18.0 Å². The molecule has 1 unspecified atom stereocenters. The van der Waals surface area contributed by atoms with Crippen molar-refractivity contribution >= 4 is 11.9 Å². The molecule has 0 saturated heterocycles. The first-order valence-electron chi connectivity index (χ1n) is 4.12. The first kappa shape index (κ1) is 8.84. The first-order valence-corrected chi connectivity index (χ1v) is 4.94. The Hall–Kier alpha value is -0.740. The van der Waals surface area contributed by atoms with Gasteiger partial charge in [-0.25, -0.2) is 4.39 Å². The molecule has 1 aromatic rings. The van der Waals surface area contributed by atoms with Crippen LogP contribution in [-0.4, -0.2) is 12.6 Å². The van der Waals surface area contributed by atoms with Gasteiger partial charge in [-0.1, -0.05) is 6.07 Å². The molecule has 13 heavy (non-hydrogen) atoms. The van der Waals surface area contributed by atoms with E-state index in [0.29, 0.717) is 10.6 Å². The number of nitrogens with one attached hydrogen (secondary N) is 1. The maximum absolute atomic E-state index is 13.2. The predicted octanol–water partition coefficient (Wildman–Crippen LogP) is 2.20. The number of hydrogen-bond acceptors (Lipinski definition) is 3. The molecule has 4 heteroatoms. The number of hydrogen-bond donors (Lipinski definition) is 1. The van der Waals surface area contributed by atoms with Crippen molar-refractivity contribution in [3.05, 3.63) is 24.0 Å². The molecule has 1 heterocycles. The standard InChI is InChI=1S/C9H10FNOS/c1-6-5-11-13-9-7(10)3-2-4-8(9)12-6/h2-4,6,11H,5H2,1H3. The highest BCUT2D eigenvalue weighted by atomic mass is 32.2. The zero-order chi connectivity index (χ0) is 9.26. The molecule has 0 aliphatic carbocycles. The van der Waals surface area contributed by atoms with Crippen LogP contribution in [-0.2, 0) is 0 Å². The minimum absolute atomic E-state index is 0.0792. The molecule has 1 aromatic carbocycles. The summed E-state index contributed by atoms with van der Waals surface area (Å²) in [5.74, 6) is 0.395. The van der Waals surface area contributed by atoms with E-state index in [1.54, 1.807) is 12.1 Å². The fourth-order valence-corrected chi connectivity index (χ4v) is 2.02. The van der Waals surface area contributed by atoms with Gasteiger partial charge in [-0.3, -0.25) is 4.72 Å². The highest BCUT2D eigenvalue weighted by Gasteiger charge is 2.16. The van der Waals surface area contributed by atoms with Gasteiger partial charge in [0, 0.05) is 6.54 Å². The van der Waals surface area contributed by atoms with E-state index in [-0.39, 0.29) is 11.9 Å². The van der Waals surface area contributed by atoms with E-state index in [4.69, 9.17) is 4.74 Å². The van der Waals surface area contributed by atoms with Crippen LogP contribution in [0, 0.1) is 5.82 Å². The van der Waals surface area contributed by atoms with Gasteiger partial charge >= 0.3 is 0 Å². The topological polar surface area (TPSA) is 21.3 Å². The normalized spacial score (nSPS) is 21.5. The van der Waals surface area contributed by atoms with Crippen molar-refractivity contribution in [1.82, 2.24) is 4.72 Å². The molecule has 1 atom stereocenters. The molecule has 2 rings (SSSR count). The summed E-state index contributed by atoms with van der Waals surface area (Å²) in [6.07, 6.45) is 0.0792. The lowest BCUT2D eigenvalue weighted by molar-refractivity contribution is 0.223. The van der Waals surface area contributed by atoms with Crippen molar-refractivity contribution in [2.24, 2.45) is 0 Å². The average Bonchev–Trinajstić information content (AvgIpc) is 2.27. The van der Waals surface area contributed by atoms with Gasteiger partial charge in [0.15, 0.2) is 0 Å². The van der Waals surface area contributed by atoms with E-state index in [0.717, 1.165) is 6.54 Å². The second-order valence-electron chi connectivity index (χ2n) is 2.95. The van der Waals surface area contributed by atoms with Crippen LogP contribution in [0.15, 0.2) is 23.1 Å². The summed E-state index contributed by atoms with van der Waals surface area (Å²) < 4.78 is 21.8. The highest BCUT2D eigenvalue weighted by Crippen LogP contribution is 2.32. The SMILES string of the molecule is CC1CNSc2c(F)cccc2O1. The van der Waals surface area contributed by atoms with Crippen LogP contribution in [0.3, 0.4) is 0 Å². The smallest absolute Gasteiger partial charge is 0.141 e. The highest BCUT2D eigenvalue weighted by molar-refractivity contribution is 7.97. The van der Waals surface area contributed by atoms with Gasteiger partial charge in [0.2, 0.25) is 0 Å².